The fourth-order valence-corrected chi connectivity index (χ4v) is 1.65. The van der Waals surface area contributed by atoms with Crippen LogP contribution in [0.5, 0.6) is 0 Å². The first-order valence-electron chi connectivity index (χ1n) is 5.09. The Morgan fingerprint density at radius 1 is 1.71 bits per heavy atom. The number of hydrogen-bond acceptors (Lipinski definition) is 6. The zero-order chi connectivity index (χ0) is 12.3. The molecule has 2 heterocycles. The Morgan fingerprint density at radius 3 is 3.12 bits per heavy atom. The average molecular weight is 234 g/mol. The molecule has 0 aliphatic carbocycles. The smallest absolute Gasteiger partial charge is 0.306 e. The molecule has 1 aliphatic rings. The van der Waals surface area contributed by atoms with Crippen LogP contribution in [0.4, 0.5) is 5.69 Å². The van der Waals surface area contributed by atoms with Crippen molar-refractivity contribution in [3.63, 3.8) is 0 Å². The van der Waals surface area contributed by atoms with E-state index in [2.05, 4.69) is 10.3 Å². The fraction of sp³-hybridized carbons (Fsp3) is 0.400. The summed E-state index contributed by atoms with van der Waals surface area (Å²) in [7, 11) is 0. The first kappa shape index (κ1) is 11.4. The normalized spacial score (nSPS) is 19.6. The van der Waals surface area contributed by atoms with Gasteiger partial charge in [-0.3, -0.25) is 10.1 Å². The van der Waals surface area contributed by atoms with Gasteiger partial charge in [0.1, 0.15) is 6.07 Å². The summed E-state index contributed by atoms with van der Waals surface area (Å²) in [6.07, 6.45) is 1.20. The van der Waals surface area contributed by atoms with E-state index in [0.717, 1.165) is 6.54 Å². The van der Waals surface area contributed by atoms with E-state index in [1.54, 1.807) is 6.07 Å². The van der Waals surface area contributed by atoms with Gasteiger partial charge in [-0.15, -0.1) is 0 Å². The summed E-state index contributed by atoms with van der Waals surface area (Å²) in [5.41, 5.74) is 0.157. The van der Waals surface area contributed by atoms with E-state index in [-0.39, 0.29) is 17.5 Å². The first-order chi connectivity index (χ1) is 8.22. The number of nitrogens with one attached hydrogen (secondary N) is 1. The Bertz CT molecular complexity index is 477. The lowest BCUT2D eigenvalue weighted by molar-refractivity contribution is -0.385. The minimum absolute atomic E-state index is 0.178. The van der Waals surface area contributed by atoms with Gasteiger partial charge in [-0.2, -0.15) is 5.26 Å². The van der Waals surface area contributed by atoms with Crippen LogP contribution >= 0.6 is 0 Å². The van der Waals surface area contributed by atoms with E-state index in [4.69, 9.17) is 10.00 Å². The average Bonchev–Trinajstić information content (AvgIpc) is 2.39. The van der Waals surface area contributed by atoms with Crippen molar-refractivity contribution in [1.82, 2.24) is 10.3 Å². The van der Waals surface area contributed by atoms with Crippen LogP contribution in [-0.2, 0) is 4.74 Å². The molecule has 0 radical (unpaired) electrons. The van der Waals surface area contributed by atoms with Gasteiger partial charge in [0.2, 0.25) is 5.69 Å². The Morgan fingerprint density at radius 2 is 2.53 bits per heavy atom. The van der Waals surface area contributed by atoms with Gasteiger partial charge in [-0.05, 0) is 0 Å². The van der Waals surface area contributed by atoms with E-state index in [0.29, 0.717) is 18.7 Å². The molecule has 0 amide bonds. The largest absolute Gasteiger partial charge is 0.371 e. The second kappa shape index (κ2) is 4.86. The van der Waals surface area contributed by atoms with Gasteiger partial charge >= 0.3 is 5.69 Å². The first-order valence-corrected chi connectivity index (χ1v) is 5.09. The summed E-state index contributed by atoms with van der Waals surface area (Å²) < 4.78 is 5.46. The van der Waals surface area contributed by atoms with Gasteiger partial charge in [0.15, 0.2) is 0 Å². The summed E-state index contributed by atoms with van der Waals surface area (Å²) >= 11 is 0. The van der Waals surface area contributed by atoms with Crippen LogP contribution in [0.3, 0.4) is 0 Å². The second-order valence-corrected chi connectivity index (χ2v) is 3.57. The molecular formula is C10H10N4O3. The molecule has 17 heavy (non-hydrogen) atoms. The highest BCUT2D eigenvalue weighted by atomic mass is 16.6. The van der Waals surface area contributed by atoms with Crippen LogP contribution in [0, 0.1) is 21.4 Å². The van der Waals surface area contributed by atoms with Crippen molar-refractivity contribution < 1.29 is 9.66 Å². The molecule has 88 valence electrons. The van der Waals surface area contributed by atoms with Gasteiger partial charge in [0, 0.05) is 30.9 Å². The Hall–Kier alpha value is -2.04. The van der Waals surface area contributed by atoms with Gasteiger partial charge < -0.3 is 10.1 Å². The zero-order valence-corrected chi connectivity index (χ0v) is 8.92. The molecule has 7 nitrogen and oxygen atoms in total. The molecule has 1 atom stereocenters. The number of nitrogens with zero attached hydrogens (tertiary/aromatic N) is 3. The highest BCUT2D eigenvalue weighted by molar-refractivity contribution is 5.45. The number of aromatic nitrogens is 1. The quantitative estimate of drug-likeness (QED) is 0.591. The third kappa shape index (κ3) is 2.38. The predicted molar refractivity (Wildman–Crippen MR) is 57.2 cm³/mol. The van der Waals surface area contributed by atoms with Crippen LogP contribution in [0.1, 0.15) is 17.4 Å². The van der Waals surface area contributed by atoms with Crippen LogP contribution < -0.4 is 5.32 Å². The molecule has 1 aromatic heterocycles. The zero-order valence-electron chi connectivity index (χ0n) is 8.92. The molecule has 0 spiro atoms. The fourth-order valence-electron chi connectivity index (χ4n) is 1.65. The van der Waals surface area contributed by atoms with Crippen molar-refractivity contribution in [3.8, 4) is 6.07 Å². The standard InChI is InChI=1S/C10H10N4O3/c11-4-8-9(14(15)16)3-7(5-13-8)10-6-12-1-2-17-10/h3,5,10,12H,1-2,6H2. The van der Waals surface area contributed by atoms with Crippen LogP contribution in [0.25, 0.3) is 0 Å². The van der Waals surface area contributed by atoms with E-state index >= 15 is 0 Å². The number of nitriles is 1. The molecule has 1 unspecified atom stereocenters. The number of nitro groups is 1. The lowest BCUT2D eigenvalue weighted by Crippen LogP contribution is -2.33. The highest BCUT2D eigenvalue weighted by Crippen LogP contribution is 2.24. The van der Waals surface area contributed by atoms with E-state index in [9.17, 15) is 10.1 Å². The SMILES string of the molecule is N#Cc1ncc(C2CNCCO2)cc1[N+](=O)[O-]. The minimum Gasteiger partial charge on any atom is -0.371 e. The van der Waals surface area contributed by atoms with E-state index in [1.807, 2.05) is 0 Å². The maximum atomic E-state index is 10.8. The van der Waals surface area contributed by atoms with E-state index in [1.165, 1.54) is 12.3 Å². The molecule has 7 heteroatoms. The molecule has 0 bridgehead atoms. The summed E-state index contributed by atoms with van der Waals surface area (Å²) in [5.74, 6) is 0. The summed E-state index contributed by atoms with van der Waals surface area (Å²) in [6.45, 7) is 1.91. The molecule has 1 N–H and O–H groups in total. The van der Waals surface area contributed by atoms with Crippen molar-refractivity contribution in [3.05, 3.63) is 33.6 Å². The van der Waals surface area contributed by atoms with Gasteiger partial charge in [0.05, 0.1) is 17.6 Å². The monoisotopic (exact) mass is 234 g/mol. The Labute approximate surface area is 97.2 Å². The van der Waals surface area contributed by atoms with Crippen molar-refractivity contribution >= 4 is 5.69 Å². The lowest BCUT2D eigenvalue weighted by atomic mass is 10.1. The Kier molecular flexibility index (Phi) is 3.27. The summed E-state index contributed by atoms with van der Waals surface area (Å²) in [5, 5.41) is 22.6. The highest BCUT2D eigenvalue weighted by Gasteiger charge is 2.22. The van der Waals surface area contributed by atoms with Crippen LogP contribution in [0.15, 0.2) is 12.3 Å². The summed E-state index contributed by atoms with van der Waals surface area (Å²) in [6, 6.07) is 3.05. The van der Waals surface area contributed by atoms with Crippen molar-refractivity contribution in [2.75, 3.05) is 19.7 Å². The third-order valence-electron chi connectivity index (χ3n) is 2.49. The lowest BCUT2D eigenvalue weighted by Gasteiger charge is -2.23. The van der Waals surface area contributed by atoms with E-state index < -0.39 is 4.92 Å². The van der Waals surface area contributed by atoms with Gasteiger partial charge in [-0.25, -0.2) is 4.98 Å². The minimum atomic E-state index is -0.606. The Balaban J connectivity index is 2.33. The number of rotatable bonds is 2. The number of ether oxygens (including phenoxy) is 1. The summed E-state index contributed by atoms with van der Waals surface area (Å²) in [4.78, 5) is 14.0. The third-order valence-corrected chi connectivity index (χ3v) is 2.49. The molecule has 1 saturated heterocycles. The van der Waals surface area contributed by atoms with Gasteiger partial charge in [0.25, 0.3) is 0 Å². The maximum Gasteiger partial charge on any atom is 0.306 e. The number of hydrogen-bond donors (Lipinski definition) is 1. The molecule has 1 aliphatic heterocycles. The molecule has 1 aromatic rings. The number of pyridine rings is 1. The van der Waals surface area contributed by atoms with Crippen LogP contribution in [0.2, 0.25) is 0 Å². The molecule has 0 aromatic carbocycles. The second-order valence-electron chi connectivity index (χ2n) is 3.57. The predicted octanol–water partition coefficient (Wildman–Crippen LogP) is 0.522. The maximum absolute atomic E-state index is 10.8. The number of morpholine rings is 1. The van der Waals surface area contributed by atoms with Gasteiger partial charge in [-0.1, -0.05) is 0 Å². The molecule has 1 fully saturated rings. The van der Waals surface area contributed by atoms with Crippen LogP contribution in [-0.4, -0.2) is 29.6 Å². The molecule has 2 rings (SSSR count). The molecule has 0 saturated carbocycles. The topological polar surface area (TPSA) is 101 Å². The van der Waals surface area contributed by atoms with Crippen molar-refractivity contribution in [2.45, 2.75) is 6.10 Å². The molecular weight excluding hydrogens is 224 g/mol. The van der Waals surface area contributed by atoms with Crippen molar-refractivity contribution in [2.24, 2.45) is 0 Å². The van der Waals surface area contributed by atoms with Crippen molar-refractivity contribution in [1.29, 1.82) is 5.26 Å².